The van der Waals surface area contributed by atoms with E-state index in [1.807, 2.05) is 10.0 Å². The van der Waals surface area contributed by atoms with Crippen LogP contribution >= 0.6 is 0 Å². The first-order chi connectivity index (χ1) is 10.5. The van der Waals surface area contributed by atoms with Gasteiger partial charge in [0, 0.05) is 6.04 Å². The first-order valence-corrected chi connectivity index (χ1v) is 7.99. The molecule has 1 amide bonds. The van der Waals surface area contributed by atoms with Crippen LogP contribution in [0.4, 0.5) is 18.9 Å². The molecule has 1 saturated heterocycles. The molecule has 3 unspecified atom stereocenters. The summed E-state index contributed by atoms with van der Waals surface area (Å²) in [5, 5.41) is 11.9. The van der Waals surface area contributed by atoms with Crippen LogP contribution in [-0.2, 0) is 21.0 Å². The molecule has 1 aromatic carbocycles. The number of carbonyl (C=O) groups excluding carboxylic acids is 1. The number of halogens is 3. The highest BCUT2D eigenvalue weighted by molar-refractivity contribution is 7.94. The minimum absolute atomic E-state index is 0.675. The molecule has 0 bridgehead atoms. The quantitative estimate of drug-likeness (QED) is 0.621. The van der Waals surface area contributed by atoms with Crippen molar-refractivity contribution in [3.8, 4) is 0 Å². The van der Waals surface area contributed by atoms with Crippen LogP contribution in [0.25, 0.3) is 0 Å². The fourth-order valence-corrected chi connectivity index (χ4v) is 3.85. The Hall–Kier alpha value is -1.85. The van der Waals surface area contributed by atoms with Gasteiger partial charge < -0.3 is 10.4 Å². The topological polar surface area (TPSA) is 108 Å². The first kappa shape index (κ1) is 17.5. The van der Waals surface area contributed by atoms with Gasteiger partial charge in [-0.25, -0.2) is 8.42 Å². The van der Waals surface area contributed by atoms with Crippen molar-refractivity contribution in [2.45, 2.75) is 30.7 Å². The molecule has 7 nitrogen and oxygen atoms in total. The van der Waals surface area contributed by atoms with E-state index in [2.05, 4.69) is 5.32 Å². The molecule has 0 aliphatic carbocycles. The Bertz CT molecular complexity index is 708. The molecular formula is C12H14F3N3O4S. The minimum Gasteiger partial charge on any atom is -0.361 e. The highest BCUT2D eigenvalue weighted by atomic mass is 32.2. The van der Waals surface area contributed by atoms with Gasteiger partial charge in [0.1, 0.15) is 0 Å². The SMILES string of the molecule is CC1NC(O)NC(=O)C1S(=O)(=O)Nc1ccccc1C(F)(F)F. The van der Waals surface area contributed by atoms with Gasteiger partial charge >= 0.3 is 6.18 Å². The fraction of sp³-hybridized carbons (Fsp3) is 0.417. The fourth-order valence-electron chi connectivity index (χ4n) is 2.27. The van der Waals surface area contributed by atoms with Gasteiger partial charge in [0.25, 0.3) is 0 Å². The number of sulfonamides is 1. The van der Waals surface area contributed by atoms with E-state index in [0.29, 0.717) is 0 Å². The van der Waals surface area contributed by atoms with Crippen LogP contribution in [-0.4, -0.2) is 37.1 Å². The molecule has 0 spiro atoms. The molecule has 3 atom stereocenters. The van der Waals surface area contributed by atoms with Crippen LogP contribution in [0.2, 0.25) is 0 Å². The monoisotopic (exact) mass is 353 g/mol. The van der Waals surface area contributed by atoms with Gasteiger partial charge in [0.2, 0.25) is 15.9 Å². The van der Waals surface area contributed by atoms with Crippen LogP contribution in [0.5, 0.6) is 0 Å². The summed E-state index contributed by atoms with van der Waals surface area (Å²) >= 11 is 0. The summed E-state index contributed by atoms with van der Waals surface area (Å²) in [6.07, 6.45) is -6.18. The van der Waals surface area contributed by atoms with Gasteiger partial charge in [0.05, 0.1) is 11.3 Å². The maximum absolute atomic E-state index is 12.9. The third-order valence-electron chi connectivity index (χ3n) is 3.23. The maximum atomic E-state index is 12.9. The van der Waals surface area contributed by atoms with E-state index in [9.17, 15) is 31.5 Å². The van der Waals surface area contributed by atoms with Gasteiger partial charge in [0.15, 0.2) is 11.6 Å². The molecule has 0 saturated carbocycles. The van der Waals surface area contributed by atoms with Crippen molar-refractivity contribution < 1.29 is 31.5 Å². The second kappa shape index (κ2) is 5.98. The highest BCUT2D eigenvalue weighted by Gasteiger charge is 2.43. The molecule has 11 heteroatoms. The number of nitrogens with one attached hydrogen (secondary N) is 3. The standard InChI is InChI=1S/C12H14F3N3O4S/c1-6-9(10(19)17-11(20)16-6)23(21,22)18-8-5-3-2-4-7(8)12(13,14)15/h2-6,9,11,16,18,20H,1H3,(H,17,19). The molecule has 1 fully saturated rings. The number of hydrogen-bond acceptors (Lipinski definition) is 5. The van der Waals surface area contributed by atoms with E-state index in [0.717, 1.165) is 18.2 Å². The van der Waals surface area contributed by atoms with E-state index >= 15 is 0 Å². The van der Waals surface area contributed by atoms with Crippen molar-refractivity contribution in [1.29, 1.82) is 0 Å². The molecule has 1 heterocycles. The lowest BCUT2D eigenvalue weighted by atomic mass is 10.2. The smallest absolute Gasteiger partial charge is 0.361 e. The van der Waals surface area contributed by atoms with Crippen LogP contribution in [0.3, 0.4) is 0 Å². The van der Waals surface area contributed by atoms with E-state index in [-0.39, 0.29) is 0 Å². The first-order valence-electron chi connectivity index (χ1n) is 6.45. The van der Waals surface area contributed by atoms with Gasteiger partial charge in [-0.1, -0.05) is 12.1 Å². The number of carbonyl (C=O) groups is 1. The molecule has 1 aliphatic rings. The number of benzene rings is 1. The Morgan fingerprint density at radius 3 is 2.43 bits per heavy atom. The summed E-state index contributed by atoms with van der Waals surface area (Å²) in [4.78, 5) is 11.8. The Morgan fingerprint density at radius 2 is 1.87 bits per heavy atom. The Kier molecular flexibility index (Phi) is 4.55. The predicted molar refractivity (Wildman–Crippen MR) is 74.5 cm³/mol. The predicted octanol–water partition coefficient (Wildman–Crippen LogP) is 0.200. The molecule has 1 aromatic rings. The summed E-state index contributed by atoms with van der Waals surface area (Å²) in [6, 6.07) is 3.03. The number of alkyl halides is 3. The second-order valence-electron chi connectivity index (χ2n) is 4.98. The van der Waals surface area contributed by atoms with E-state index in [4.69, 9.17) is 0 Å². The molecule has 4 N–H and O–H groups in total. The lowest BCUT2D eigenvalue weighted by Gasteiger charge is -2.32. The maximum Gasteiger partial charge on any atom is 0.418 e. The van der Waals surface area contributed by atoms with Gasteiger partial charge in [-0.3, -0.25) is 14.8 Å². The number of amides is 1. The minimum atomic E-state index is -4.76. The van der Waals surface area contributed by atoms with Crippen LogP contribution in [0.15, 0.2) is 24.3 Å². The van der Waals surface area contributed by atoms with E-state index in [1.165, 1.54) is 13.0 Å². The number of aliphatic hydroxyl groups is 1. The van der Waals surface area contributed by atoms with Crippen molar-refractivity contribution in [1.82, 2.24) is 10.6 Å². The van der Waals surface area contributed by atoms with E-state index < -0.39 is 51.0 Å². The van der Waals surface area contributed by atoms with Crippen molar-refractivity contribution >= 4 is 21.6 Å². The lowest BCUT2D eigenvalue weighted by molar-refractivity contribution is -0.137. The largest absolute Gasteiger partial charge is 0.418 e. The summed E-state index contributed by atoms with van der Waals surface area (Å²) in [5.41, 5.74) is -1.84. The van der Waals surface area contributed by atoms with Gasteiger partial charge in [-0.05, 0) is 19.1 Å². The van der Waals surface area contributed by atoms with Crippen LogP contribution in [0, 0.1) is 0 Å². The second-order valence-corrected chi connectivity index (χ2v) is 6.78. The zero-order valence-corrected chi connectivity index (χ0v) is 12.6. The molecule has 128 valence electrons. The molecule has 1 aliphatic heterocycles. The van der Waals surface area contributed by atoms with Gasteiger partial charge in [-0.15, -0.1) is 0 Å². The molecule has 2 rings (SSSR count). The highest BCUT2D eigenvalue weighted by Crippen LogP contribution is 2.35. The van der Waals surface area contributed by atoms with Gasteiger partial charge in [-0.2, -0.15) is 13.2 Å². The average Bonchev–Trinajstić information content (AvgIpc) is 2.35. The zero-order chi connectivity index (χ0) is 17.4. The van der Waals surface area contributed by atoms with Crippen LogP contribution in [0.1, 0.15) is 12.5 Å². The number of hydrogen-bond donors (Lipinski definition) is 4. The number of para-hydroxylation sites is 1. The average molecular weight is 353 g/mol. The zero-order valence-electron chi connectivity index (χ0n) is 11.8. The van der Waals surface area contributed by atoms with E-state index in [1.54, 1.807) is 0 Å². The molecule has 23 heavy (non-hydrogen) atoms. The van der Waals surface area contributed by atoms with Crippen molar-refractivity contribution in [3.05, 3.63) is 29.8 Å². The van der Waals surface area contributed by atoms with Crippen molar-refractivity contribution in [3.63, 3.8) is 0 Å². The van der Waals surface area contributed by atoms with Crippen molar-refractivity contribution in [2.24, 2.45) is 0 Å². The number of anilines is 1. The van der Waals surface area contributed by atoms with Crippen molar-refractivity contribution in [2.75, 3.05) is 4.72 Å². The number of rotatable bonds is 3. The lowest BCUT2D eigenvalue weighted by Crippen LogP contribution is -2.65. The summed E-state index contributed by atoms with van der Waals surface area (Å²) in [6.45, 7) is 1.32. The Morgan fingerprint density at radius 1 is 1.26 bits per heavy atom. The summed E-state index contributed by atoms with van der Waals surface area (Å²) in [7, 11) is -4.48. The Balaban J connectivity index is 2.34. The third-order valence-corrected chi connectivity index (χ3v) is 5.03. The van der Waals surface area contributed by atoms with Crippen LogP contribution < -0.4 is 15.4 Å². The number of aliphatic hydroxyl groups excluding tert-OH is 1. The molecular weight excluding hydrogens is 339 g/mol. The molecule has 0 aromatic heterocycles. The summed E-state index contributed by atoms with van der Waals surface area (Å²) in [5.74, 6) is -1.01. The summed E-state index contributed by atoms with van der Waals surface area (Å²) < 4.78 is 65.1. The Labute approximate surface area is 129 Å². The normalized spacial score (nSPS) is 25.8. The third kappa shape index (κ3) is 3.74. The molecule has 0 radical (unpaired) electrons.